The van der Waals surface area contributed by atoms with Crippen molar-refractivity contribution in [2.45, 2.75) is 13.0 Å². The average molecular weight is 286 g/mol. The smallest absolute Gasteiger partial charge is 0.142 e. The van der Waals surface area contributed by atoms with Gasteiger partial charge in [0, 0.05) is 31.1 Å². The van der Waals surface area contributed by atoms with E-state index >= 15 is 0 Å². The van der Waals surface area contributed by atoms with Gasteiger partial charge in [0.25, 0.3) is 0 Å². The lowest BCUT2D eigenvalue weighted by atomic mass is 10.3. The van der Waals surface area contributed by atoms with Gasteiger partial charge in [0.15, 0.2) is 0 Å². The maximum atomic E-state index is 4.57. The molecule has 0 saturated heterocycles. The molecule has 3 aromatic heterocycles. The minimum Gasteiger partial charge on any atom is -0.311 e. The number of pyridine rings is 1. The summed E-state index contributed by atoms with van der Waals surface area (Å²) in [5.74, 6) is 0.893. The van der Waals surface area contributed by atoms with Gasteiger partial charge in [-0.15, -0.1) is 11.3 Å². The standard InChI is InChI=1S/C13H14N6S/c1-2-5-15-11(3-1)13-18-10(8-20-13)7-14-6-4-12-16-9-17-19-12/h1-3,5,8-9,14H,4,6-7H2,(H,16,17,19). The van der Waals surface area contributed by atoms with Gasteiger partial charge in [-0.2, -0.15) is 5.10 Å². The highest BCUT2D eigenvalue weighted by Crippen LogP contribution is 2.20. The van der Waals surface area contributed by atoms with E-state index in [1.807, 2.05) is 18.2 Å². The maximum Gasteiger partial charge on any atom is 0.142 e. The second-order valence-corrected chi connectivity index (χ2v) is 5.08. The number of nitrogens with one attached hydrogen (secondary N) is 2. The number of nitrogens with zero attached hydrogens (tertiary/aromatic N) is 4. The van der Waals surface area contributed by atoms with Crippen molar-refractivity contribution in [2.24, 2.45) is 0 Å². The molecule has 6 nitrogen and oxygen atoms in total. The molecular formula is C13H14N6S. The molecule has 0 aliphatic rings. The van der Waals surface area contributed by atoms with Crippen LogP contribution in [0.1, 0.15) is 11.5 Å². The average Bonchev–Trinajstić information content (AvgIpc) is 3.16. The molecule has 0 unspecified atom stereocenters. The summed E-state index contributed by atoms with van der Waals surface area (Å²) >= 11 is 1.62. The van der Waals surface area contributed by atoms with E-state index in [2.05, 4.69) is 35.8 Å². The van der Waals surface area contributed by atoms with Crippen LogP contribution < -0.4 is 5.32 Å². The second kappa shape index (κ2) is 6.36. The molecule has 0 amide bonds. The summed E-state index contributed by atoms with van der Waals surface area (Å²) in [7, 11) is 0. The van der Waals surface area contributed by atoms with E-state index in [1.54, 1.807) is 17.5 Å². The predicted octanol–water partition coefficient (Wildman–Crippen LogP) is 1.66. The fourth-order valence-corrected chi connectivity index (χ4v) is 2.56. The lowest BCUT2D eigenvalue weighted by molar-refractivity contribution is 0.664. The van der Waals surface area contributed by atoms with Gasteiger partial charge < -0.3 is 5.32 Å². The Hall–Kier alpha value is -2.12. The first-order chi connectivity index (χ1) is 9.92. The summed E-state index contributed by atoms with van der Waals surface area (Å²) in [4.78, 5) is 12.9. The van der Waals surface area contributed by atoms with Crippen LogP contribution in [-0.4, -0.2) is 31.7 Å². The van der Waals surface area contributed by atoms with Crippen LogP contribution in [0.3, 0.4) is 0 Å². The minimum absolute atomic E-state index is 0.747. The third-order valence-electron chi connectivity index (χ3n) is 2.75. The third-order valence-corrected chi connectivity index (χ3v) is 3.66. The molecule has 0 atom stereocenters. The van der Waals surface area contributed by atoms with Crippen molar-refractivity contribution in [1.82, 2.24) is 30.5 Å². The van der Waals surface area contributed by atoms with E-state index in [-0.39, 0.29) is 0 Å². The molecule has 0 fully saturated rings. The molecular weight excluding hydrogens is 272 g/mol. The monoisotopic (exact) mass is 286 g/mol. The van der Waals surface area contributed by atoms with Gasteiger partial charge in [-0.3, -0.25) is 10.1 Å². The molecule has 0 aromatic carbocycles. The topological polar surface area (TPSA) is 79.4 Å². The molecule has 20 heavy (non-hydrogen) atoms. The third kappa shape index (κ3) is 3.25. The van der Waals surface area contributed by atoms with E-state index in [0.29, 0.717) is 0 Å². The normalized spacial score (nSPS) is 10.8. The Morgan fingerprint density at radius 1 is 1.25 bits per heavy atom. The molecule has 3 aromatic rings. The van der Waals surface area contributed by atoms with Crippen molar-refractivity contribution in [1.29, 1.82) is 0 Å². The summed E-state index contributed by atoms with van der Waals surface area (Å²) in [5, 5.41) is 13.0. The molecule has 0 radical (unpaired) electrons. The Morgan fingerprint density at radius 3 is 3.05 bits per heavy atom. The Kier molecular flexibility index (Phi) is 4.10. The molecule has 3 heterocycles. The second-order valence-electron chi connectivity index (χ2n) is 4.22. The first-order valence-corrected chi connectivity index (χ1v) is 7.20. The largest absolute Gasteiger partial charge is 0.311 e. The zero-order valence-electron chi connectivity index (χ0n) is 10.8. The SMILES string of the molecule is c1ccc(-c2nc(CNCCc3ncn[nH]3)cs2)nc1. The van der Waals surface area contributed by atoms with E-state index in [1.165, 1.54) is 6.33 Å². The van der Waals surface area contributed by atoms with Crippen molar-refractivity contribution in [2.75, 3.05) is 6.54 Å². The molecule has 0 aliphatic heterocycles. The van der Waals surface area contributed by atoms with Gasteiger partial charge in [0.05, 0.1) is 11.4 Å². The van der Waals surface area contributed by atoms with Crippen LogP contribution in [0.4, 0.5) is 0 Å². The fourth-order valence-electron chi connectivity index (χ4n) is 1.77. The van der Waals surface area contributed by atoms with Crippen molar-refractivity contribution in [3.8, 4) is 10.7 Å². The van der Waals surface area contributed by atoms with E-state index in [4.69, 9.17) is 0 Å². The van der Waals surface area contributed by atoms with Crippen LogP contribution in [0.2, 0.25) is 0 Å². The summed E-state index contributed by atoms with van der Waals surface area (Å²) < 4.78 is 0. The quantitative estimate of drug-likeness (QED) is 0.674. The van der Waals surface area contributed by atoms with Crippen LogP contribution >= 0.6 is 11.3 Å². The highest BCUT2D eigenvalue weighted by Gasteiger charge is 2.05. The fraction of sp³-hybridized carbons (Fsp3) is 0.231. The minimum atomic E-state index is 0.747. The van der Waals surface area contributed by atoms with Gasteiger partial charge in [0.1, 0.15) is 17.2 Å². The number of hydrogen-bond acceptors (Lipinski definition) is 6. The molecule has 2 N–H and O–H groups in total. The van der Waals surface area contributed by atoms with Crippen molar-refractivity contribution in [3.05, 3.63) is 47.6 Å². The molecule has 7 heteroatoms. The van der Waals surface area contributed by atoms with Gasteiger partial charge >= 0.3 is 0 Å². The van der Waals surface area contributed by atoms with Crippen LogP contribution in [-0.2, 0) is 13.0 Å². The lowest BCUT2D eigenvalue weighted by Crippen LogP contribution is -2.17. The molecule has 3 rings (SSSR count). The Morgan fingerprint density at radius 2 is 2.25 bits per heavy atom. The number of aromatic amines is 1. The Bertz CT molecular complexity index is 634. The first-order valence-electron chi connectivity index (χ1n) is 6.32. The van der Waals surface area contributed by atoms with E-state index in [0.717, 1.165) is 41.7 Å². The van der Waals surface area contributed by atoms with Gasteiger partial charge in [-0.25, -0.2) is 9.97 Å². The number of rotatable bonds is 6. The van der Waals surface area contributed by atoms with Crippen LogP contribution in [0, 0.1) is 0 Å². The zero-order valence-corrected chi connectivity index (χ0v) is 11.6. The van der Waals surface area contributed by atoms with Gasteiger partial charge in [-0.1, -0.05) is 6.07 Å². The predicted molar refractivity (Wildman–Crippen MR) is 77.1 cm³/mol. The highest BCUT2D eigenvalue weighted by molar-refractivity contribution is 7.13. The first kappa shape index (κ1) is 12.9. The summed E-state index contributed by atoms with van der Waals surface area (Å²) in [6, 6.07) is 5.85. The van der Waals surface area contributed by atoms with Crippen molar-refractivity contribution >= 4 is 11.3 Å². The van der Waals surface area contributed by atoms with Crippen molar-refractivity contribution < 1.29 is 0 Å². The molecule has 0 bridgehead atoms. The lowest BCUT2D eigenvalue weighted by Gasteiger charge is -2.00. The maximum absolute atomic E-state index is 4.57. The molecule has 0 saturated carbocycles. The summed E-state index contributed by atoms with van der Waals surface area (Å²) in [6.07, 6.45) is 4.14. The van der Waals surface area contributed by atoms with E-state index in [9.17, 15) is 0 Å². The van der Waals surface area contributed by atoms with Crippen LogP contribution in [0.5, 0.6) is 0 Å². The summed E-state index contributed by atoms with van der Waals surface area (Å²) in [5.41, 5.74) is 1.96. The molecule has 0 aliphatic carbocycles. The number of hydrogen-bond donors (Lipinski definition) is 2. The number of aromatic nitrogens is 5. The molecule has 102 valence electrons. The van der Waals surface area contributed by atoms with Crippen LogP contribution in [0.15, 0.2) is 36.1 Å². The Balaban J connectivity index is 1.50. The van der Waals surface area contributed by atoms with E-state index < -0.39 is 0 Å². The van der Waals surface area contributed by atoms with Gasteiger partial charge in [-0.05, 0) is 12.1 Å². The number of H-pyrrole nitrogens is 1. The van der Waals surface area contributed by atoms with Crippen LogP contribution in [0.25, 0.3) is 10.7 Å². The summed E-state index contributed by atoms with van der Waals surface area (Å²) in [6.45, 7) is 1.59. The van der Waals surface area contributed by atoms with Crippen molar-refractivity contribution in [3.63, 3.8) is 0 Å². The number of thiazole rings is 1. The van der Waals surface area contributed by atoms with Gasteiger partial charge in [0.2, 0.25) is 0 Å². The highest BCUT2D eigenvalue weighted by atomic mass is 32.1. The molecule has 0 spiro atoms. The Labute approximate surface area is 120 Å². The zero-order chi connectivity index (χ0) is 13.6.